The van der Waals surface area contributed by atoms with Crippen molar-refractivity contribution in [1.29, 1.82) is 0 Å². The second kappa shape index (κ2) is 12.3. The highest BCUT2D eigenvalue weighted by Gasteiger charge is 2.48. The summed E-state index contributed by atoms with van der Waals surface area (Å²) in [6, 6.07) is 28.3. The van der Waals surface area contributed by atoms with Gasteiger partial charge in [-0.25, -0.2) is 4.18 Å². The average Bonchev–Trinajstić information content (AvgIpc) is 2.88. The highest BCUT2D eigenvalue weighted by molar-refractivity contribution is 7.80. The Balaban J connectivity index is 1.60. The molecule has 36 heavy (non-hydrogen) atoms. The summed E-state index contributed by atoms with van der Waals surface area (Å²) in [4.78, 5) is 0. The van der Waals surface area contributed by atoms with Crippen molar-refractivity contribution in [3.63, 3.8) is 0 Å². The molecule has 4 atom stereocenters. The molecule has 190 valence electrons. The molecule has 1 fully saturated rings. The topological polar surface area (TPSA) is 101 Å². The molecule has 0 aliphatic carbocycles. The predicted molar refractivity (Wildman–Crippen MR) is 132 cm³/mol. The summed E-state index contributed by atoms with van der Waals surface area (Å²) in [5.74, 6) is -0.0664. The first-order valence-corrected chi connectivity index (χ1v) is 12.7. The maximum absolute atomic E-state index is 11.7. The lowest BCUT2D eigenvalue weighted by Gasteiger charge is -2.42. The number of ether oxygens (including phenoxy) is 4. The molecule has 0 radical (unpaired) electrons. The molecular formula is C27H28O8S. The second-order valence-electron chi connectivity index (χ2n) is 8.22. The summed E-state index contributed by atoms with van der Waals surface area (Å²) in [7, 11) is -4.85. The molecule has 1 aliphatic rings. The zero-order chi connectivity index (χ0) is 25.4. The third kappa shape index (κ3) is 7.47. The van der Waals surface area contributed by atoms with Gasteiger partial charge in [-0.1, -0.05) is 97.6 Å². The van der Waals surface area contributed by atoms with Crippen molar-refractivity contribution in [2.75, 3.05) is 0 Å². The van der Waals surface area contributed by atoms with Crippen molar-refractivity contribution in [3.8, 4) is 0 Å². The van der Waals surface area contributed by atoms with Gasteiger partial charge in [-0.05, 0) is 16.7 Å². The molecule has 1 aliphatic heterocycles. The zero-order valence-electron chi connectivity index (χ0n) is 19.5. The minimum atomic E-state index is -4.85. The first kappa shape index (κ1) is 26.0. The van der Waals surface area contributed by atoms with Crippen molar-refractivity contribution in [2.24, 2.45) is 0 Å². The van der Waals surface area contributed by atoms with E-state index in [1.807, 2.05) is 91.0 Å². The number of hydrogen-bond acceptors (Lipinski definition) is 7. The van der Waals surface area contributed by atoms with Crippen LogP contribution in [-0.4, -0.2) is 37.6 Å². The van der Waals surface area contributed by atoms with E-state index in [1.54, 1.807) is 0 Å². The second-order valence-corrected chi connectivity index (χ2v) is 9.26. The smallest absolute Gasteiger partial charge is 0.398 e. The summed E-state index contributed by atoms with van der Waals surface area (Å²) < 4.78 is 61.9. The fourth-order valence-electron chi connectivity index (χ4n) is 3.80. The molecule has 0 spiro atoms. The van der Waals surface area contributed by atoms with Crippen LogP contribution in [0.15, 0.2) is 103 Å². The van der Waals surface area contributed by atoms with Crippen LogP contribution in [0.5, 0.6) is 0 Å². The van der Waals surface area contributed by atoms with E-state index in [4.69, 9.17) is 23.1 Å². The summed E-state index contributed by atoms with van der Waals surface area (Å²) in [5, 5.41) is 0. The van der Waals surface area contributed by atoms with Gasteiger partial charge in [0.05, 0.1) is 19.8 Å². The fourth-order valence-corrected chi connectivity index (χ4v) is 4.28. The normalized spacial score (nSPS) is 22.2. The molecule has 9 heteroatoms. The first-order chi connectivity index (χ1) is 17.4. The van der Waals surface area contributed by atoms with Crippen LogP contribution >= 0.6 is 0 Å². The van der Waals surface area contributed by atoms with Gasteiger partial charge in [0.15, 0.2) is 6.10 Å². The number of rotatable bonds is 11. The fraction of sp³-hybridized carbons (Fsp3) is 0.259. The highest BCUT2D eigenvalue weighted by Crippen LogP contribution is 2.32. The van der Waals surface area contributed by atoms with Crippen LogP contribution in [0.1, 0.15) is 16.7 Å². The van der Waals surface area contributed by atoms with E-state index in [-0.39, 0.29) is 25.6 Å². The van der Waals surface area contributed by atoms with Crippen molar-refractivity contribution in [3.05, 3.63) is 120 Å². The maximum Gasteiger partial charge on any atom is 0.398 e. The molecule has 0 amide bonds. The Kier molecular flexibility index (Phi) is 8.87. The minimum absolute atomic E-state index is 0.0664. The molecule has 0 bridgehead atoms. The van der Waals surface area contributed by atoms with Crippen molar-refractivity contribution >= 4 is 10.4 Å². The van der Waals surface area contributed by atoms with Gasteiger partial charge in [-0.15, -0.1) is 0 Å². The van der Waals surface area contributed by atoms with Gasteiger partial charge in [0.2, 0.25) is 6.29 Å². The highest BCUT2D eigenvalue weighted by atomic mass is 32.3. The maximum atomic E-state index is 11.7. The average molecular weight is 513 g/mol. The third-order valence-electron chi connectivity index (χ3n) is 5.53. The molecule has 1 N–H and O–H groups in total. The Morgan fingerprint density at radius 2 is 1.11 bits per heavy atom. The van der Waals surface area contributed by atoms with Crippen LogP contribution in [-0.2, 0) is 53.4 Å². The van der Waals surface area contributed by atoms with E-state index >= 15 is 0 Å². The van der Waals surface area contributed by atoms with E-state index in [2.05, 4.69) is 6.58 Å². The van der Waals surface area contributed by atoms with Crippen molar-refractivity contribution in [2.45, 2.75) is 44.4 Å². The van der Waals surface area contributed by atoms with Gasteiger partial charge in [0, 0.05) is 0 Å². The van der Waals surface area contributed by atoms with Gasteiger partial charge < -0.3 is 18.9 Å². The van der Waals surface area contributed by atoms with Gasteiger partial charge in [0.25, 0.3) is 0 Å². The molecule has 0 saturated carbocycles. The van der Waals surface area contributed by atoms with Crippen molar-refractivity contribution < 1.29 is 36.1 Å². The minimum Gasteiger partial charge on any atom is -0.464 e. The molecule has 8 nitrogen and oxygen atoms in total. The summed E-state index contributed by atoms with van der Waals surface area (Å²) in [5.41, 5.74) is 2.65. The van der Waals surface area contributed by atoms with Crippen LogP contribution in [0, 0.1) is 0 Å². The Hall–Kier alpha value is -3.05. The van der Waals surface area contributed by atoms with Gasteiger partial charge in [0.1, 0.15) is 18.0 Å². The molecule has 1 saturated heterocycles. The standard InChI is InChI=1S/C27H28O8S/c1-20-24(35-36(28,29)30)25(31-17-21-11-5-2-6-12-21)26(32-18-22-13-7-3-8-14-22)27(34-20)33-19-23-15-9-4-10-16-23/h2-16,24-27H,1,17-19H2,(H,28,29,30)/t24-,25-,26+,27+/m0/s1. The van der Waals surface area contributed by atoms with Gasteiger partial charge >= 0.3 is 10.4 Å². The third-order valence-corrected chi connectivity index (χ3v) is 5.98. The van der Waals surface area contributed by atoms with Crippen LogP contribution in [0.3, 0.4) is 0 Å². The molecule has 0 unspecified atom stereocenters. The van der Waals surface area contributed by atoms with Gasteiger partial charge in [-0.2, -0.15) is 8.42 Å². The molecule has 1 heterocycles. The van der Waals surface area contributed by atoms with E-state index in [1.165, 1.54) is 0 Å². The van der Waals surface area contributed by atoms with Crippen LogP contribution < -0.4 is 0 Å². The predicted octanol–water partition coefficient (Wildman–Crippen LogP) is 4.43. The quantitative estimate of drug-likeness (QED) is 0.377. The van der Waals surface area contributed by atoms with Crippen LogP contribution in [0.2, 0.25) is 0 Å². The molecule has 0 aromatic heterocycles. The first-order valence-electron chi connectivity index (χ1n) is 11.4. The number of hydrogen-bond donors (Lipinski definition) is 1. The molecular weight excluding hydrogens is 484 g/mol. The Bertz CT molecular complexity index is 1200. The lowest BCUT2D eigenvalue weighted by atomic mass is 10.0. The Labute approximate surface area is 211 Å². The van der Waals surface area contributed by atoms with E-state index < -0.39 is 35.0 Å². The molecule has 4 rings (SSSR count). The van der Waals surface area contributed by atoms with E-state index in [0.29, 0.717) is 0 Å². The molecule has 3 aromatic rings. The summed E-state index contributed by atoms with van der Waals surface area (Å²) in [6.07, 6.45) is -4.29. The monoisotopic (exact) mass is 512 g/mol. The lowest BCUT2D eigenvalue weighted by Crippen LogP contribution is -2.56. The van der Waals surface area contributed by atoms with E-state index in [0.717, 1.165) is 16.7 Å². The zero-order valence-corrected chi connectivity index (χ0v) is 20.3. The summed E-state index contributed by atoms with van der Waals surface area (Å²) >= 11 is 0. The van der Waals surface area contributed by atoms with Crippen LogP contribution in [0.4, 0.5) is 0 Å². The summed E-state index contributed by atoms with van der Waals surface area (Å²) in [6.45, 7) is 4.31. The SMILES string of the molecule is C=C1O[C@@H](OCc2ccccc2)[C@H](OCc2ccccc2)[C@@H](OCc2ccccc2)[C@H]1OS(=O)(=O)O. The molecule has 3 aromatic carbocycles. The lowest BCUT2D eigenvalue weighted by molar-refractivity contribution is -0.270. The Morgan fingerprint density at radius 1 is 0.694 bits per heavy atom. The van der Waals surface area contributed by atoms with Gasteiger partial charge in [-0.3, -0.25) is 4.55 Å². The van der Waals surface area contributed by atoms with Crippen LogP contribution in [0.25, 0.3) is 0 Å². The van der Waals surface area contributed by atoms with Crippen molar-refractivity contribution in [1.82, 2.24) is 0 Å². The number of benzene rings is 3. The van der Waals surface area contributed by atoms with E-state index in [9.17, 15) is 13.0 Å². The Morgan fingerprint density at radius 3 is 1.56 bits per heavy atom. The largest absolute Gasteiger partial charge is 0.464 e.